The van der Waals surface area contributed by atoms with E-state index in [0.717, 1.165) is 0 Å². The summed E-state index contributed by atoms with van der Waals surface area (Å²) >= 11 is 0. The van der Waals surface area contributed by atoms with Gasteiger partial charge in [-0.25, -0.2) is 4.79 Å². The average Bonchev–Trinajstić information content (AvgIpc) is 2.74. The van der Waals surface area contributed by atoms with Gasteiger partial charge < -0.3 is 9.47 Å². The van der Waals surface area contributed by atoms with Crippen LogP contribution in [0, 0.1) is 34.0 Å². The quantitative estimate of drug-likeness (QED) is 0.370. The summed E-state index contributed by atoms with van der Waals surface area (Å²) in [5.41, 5.74) is -1.31. The van der Waals surface area contributed by atoms with Crippen molar-refractivity contribution in [3.05, 3.63) is 66.8 Å². The molecule has 0 radical (unpaired) electrons. The number of rotatable bonds is 9. The first-order valence-electron chi connectivity index (χ1n) is 8.46. The van der Waals surface area contributed by atoms with Gasteiger partial charge in [0.05, 0.1) is 37.8 Å². The van der Waals surface area contributed by atoms with Gasteiger partial charge >= 0.3 is 11.9 Å². The highest BCUT2D eigenvalue weighted by atomic mass is 16.5. The largest absolute Gasteiger partial charge is 0.469 e. The number of carbonyl (C=O) groups is 2. The van der Waals surface area contributed by atoms with Crippen LogP contribution in [0.1, 0.15) is 18.4 Å². The Morgan fingerprint density at radius 1 is 1.11 bits per heavy atom. The van der Waals surface area contributed by atoms with Crippen molar-refractivity contribution in [2.75, 3.05) is 14.2 Å². The molecule has 0 amide bonds. The number of hydrogen-bond acceptors (Lipinski definition) is 6. The fourth-order valence-corrected chi connectivity index (χ4v) is 2.95. The normalized spacial score (nSPS) is 12.4. The maximum absolute atomic E-state index is 12.8. The molecule has 0 saturated carbocycles. The molecule has 144 valence electrons. The zero-order valence-corrected chi connectivity index (χ0v) is 16.0. The summed E-state index contributed by atoms with van der Waals surface area (Å²) in [7, 11) is 2.36. The van der Waals surface area contributed by atoms with E-state index in [0.29, 0.717) is 5.56 Å². The lowest BCUT2D eigenvalue weighted by Gasteiger charge is -2.27. The molecule has 28 heavy (non-hydrogen) atoms. The molecular weight excluding hydrogens is 356 g/mol. The van der Waals surface area contributed by atoms with Crippen molar-refractivity contribution >= 4 is 17.5 Å². The highest BCUT2D eigenvalue weighted by molar-refractivity contribution is 6.04. The summed E-state index contributed by atoms with van der Waals surface area (Å²) < 4.78 is 9.77. The van der Waals surface area contributed by atoms with Crippen molar-refractivity contribution in [1.29, 1.82) is 10.5 Å². The van der Waals surface area contributed by atoms with Crippen LogP contribution in [0.15, 0.2) is 61.2 Å². The van der Waals surface area contributed by atoms with Gasteiger partial charge in [-0.05, 0) is 12.0 Å². The molecule has 6 heteroatoms. The fourth-order valence-electron chi connectivity index (χ4n) is 2.95. The van der Waals surface area contributed by atoms with Crippen LogP contribution in [0.5, 0.6) is 0 Å². The van der Waals surface area contributed by atoms with Crippen LogP contribution in [0.4, 0.5) is 0 Å². The summed E-state index contributed by atoms with van der Waals surface area (Å²) in [5.74, 6) is -2.61. The third-order valence-electron chi connectivity index (χ3n) is 4.23. The summed E-state index contributed by atoms with van der Waals surface area (Å²) in [5, 5.41) is 19.8. The molecule has 0 heterocycles. The number of esters is 2. The maximum atomic E-state index is 12.8. The van der Waals surface area contributed by atoms with E-state index in [1.165, 1.54) is 26.4 Å². The van der Waals surface area contributed by atoms with Crippen molar-refractivity contribution in [2.24, 2.45) is 11.3 Å². The Labute approximate surface area is 165 Å². The minimum absolute atomic E-state index is 0.0489. The summed E-state index contributed by atoms with van der Waals surface area (Å²) in [6, 6.07) is 12.5. The molecule has 0 fully saturated rings. The smallest absolute Gasteiger partial charge is 0.335 e. The second kappa shape index (κ2) is 10.5. The van der Waals surface area contributed by atoms with Crippen molar-refractivity contribution in [3.8, 4) is 12.1 Å². The second-order valence-electron chi connectivity index (χ2n) is 5.87. The number of benzene rings is 1. The highest BCUT2D eigenvalue weighted by Crippen LogP contribution is 2.43. The fraction of sp³-hybridized carbons (Fsp3) is 0.273. The van der Waals surface area contributed by atoms with E-state index >= 15 is 0 Å². The number of carbonyl (C=O) groups excluding carboxylic acids is 2. The Balaban J connectivity index is 4.11. The topological polar surface area (TPSA) is 100 Å². The molecule has 1 unspecified atom stereocenters. The zero-order chi connectivity index (χ0) is 21.2. The SMILES string of the molecule is C=CCC(C(=O)OC)/C(C(=O)OC)=C(\c1ccccc1)C(C#N)(C#N)CC=C. The Hall–Kier alpha value is -3.64. The van der Waals surface area contributed by atoms with Gasteiger partial charge in [-0.1, -0.05) is 42.5 Å². The van der Waals surface area contributed by atoms with Gasteiger partial charge in [0.15, 0.2) is 5.41 Å². The number of hydrogen-bond donors (Lipinski definition) is 0. The minimum atomic E-state index is -1.75. The summed E-state index contributed by atoms with van der Waals surface area (Å²) in [4.78, 5) is 25.2. The lowest BCUT2D eigenvalue weighted by Crippen LogP contribution is -2.29. The number of nitrogens with zero attached hydrogens (tertiary/aromatic N) is 2. The Kier molecular flexibility index (Phi) is 8.40. The first-order valence-corrected chi connectivity index (χ1v) is 8.46. The van der Waals surface area contributed by atoms with Crippen molar-refractivity contribution < 1.29 is 19.1 Å². The van der Waals surface area contributed by atoms with E-state index in [1.54, 1.807) is 30.3 Å². The van der Waals surface area contributed by atoms with E-state index in [1.807, 2.05) is 12.1 Å². The van der Waals surface area contributed by atoms with Gasteiger partial charge in [0.2, 0.25) is 0 Å². The van der Waals surface area contributed by atoms with Gasteiger partial charge in [-0.2, -0.15) is 10.5 Å². The molecule has 0 N–H and O–H groups in total. The predicted octanol–water partition coefficient (Wildman–Crippen LogP) is 3.59. The van der Waals surface area contributed by atoms with Crippen molar-refractivity contribution in [3.63, 3.8) is 0 Å². The highest BCUT2D eigenvalue weighted by Gasteiger charge is 2.42. The second-order valence-corrected chi connectivity index (χ2v) is 5.87. The van der Waals surface area contributed by atoms with Crippen LogP contribution in [0.25, 0.3) is 5.57 Å². The predicted molar refractivity (Wildman–Crippen MR) is 104 cm³/mol. The molecule has 0 bridgehead atoms. The molecule has 0 aromatic heterocycles. The standard InChI is InChI=1S/C22H22N2O4/c1-5-10-17(20(25)27-3)18(21(26)28-4)19(16-11-8-7-9-12-16)22(14-23,15-24)13-6-2/h5-9,11-12,17H,1-2,10,13H2,3-4H3/b19-18-. The lowest BCUT2D eigenvalue weighted by atomic mass is 9.71. The Morgan fingerprint density at radius 2 is 1.71 bits per heavy atom. The average molecular weight is 378 g/mol. The third-order valence-corrected chi connectivity index (χ3v) is 4.23. The van der Waals surface area contributed by atoms with E-state index < -0.39 is 23.3 Å². The number of nitriles is 2. The lowest BCUT2D eigenvalue weighted by molar-refractivity contribution is -0.147. The van der Waals surface area contributed by atoms with Crippen LogP contribution < -0.4 is 0 Å². The van der Waals surface area contributed by atoms with Gasteiger partial charge in [-0.3, -0.25) is 4.79 Å². The molecule has 0 aliphatic carbocycles. The monoisotopic (exact) mass is 378 g/mol. The van der Waals surface area contributed by atoms with E-state index in [-0.39, 0.29) is 24.0 Å². The molecule has 0 saturated heterocycles. The maximum Gasteiger partial charge on any atom is 0.335 e. The van der Waals surface area contributed by atoms with Gasteiger partial charge in [0, 0.05) is 12.0 Å². The van der Waals surface area contributed by atoms with Crippen LogP contribution >= 0.6 is 0 Å². The Bertz CT molecular complexity index is 843. The summed E-state index contributed by atoms with van der Waals surface area (Å²) in [6.45, 7) is 7.25. The molecule has 1 rings (SSSR count). The van der Waals surface area contributed by atoms with Gasteiger partial charge in [0.25, 0.3) is 0 Å². The van der Waals surface area contributed by atoms with E-state index in [9.17, 15) is 20.1 Å². The van der Waals surface area contributed by atoms with Gasteiger partial charge in [-0.15, -0.1) is 13.2 Å². The van der Waals surface area contributed by atoms with Crippen LogP contribution in [0.3, 0.4) is 0 Å². The summed E-state index contributed by atoms with van der Waals surface area (Å²) in [6.07, 6.45) is 2.90. The molecule has 1 atom stereocenters. The van der Waals surface area contributed by atoms with E-state index in [2.05, 4.69) is 13.2 Å². The van der Waals surface area contributed by atoms with Crippen LogP contribution in [0.2, 0.25) is 0 Å². The third kappa shape index (κ3) is 4.55. The first-order chi connectivity index (χ1) is 13.5. The molecule has 0 aliphatic rings. The molecule has 0 aliphatic heterocycles. The number of allylic oxidation sites excluding steroid dienone is 3. The molecule has 6 nitrogen and oxygen atoms in total. The van der Waals surface area contributed by atoms with Crippen molar-refractivity contribution in [1.82, 2.24) is 0 Å². The number of methoxy groups -OCH3 is 2. The Morgan fingerprint density at radius 3 is 2.14 bits per heavy atom. The molecule has 1 aromatic rings. The van der Waals surface area contributed by atoms with E-state index in [4.69, 9.17) is 9.47 Å². The molecule has 0 spiro atoms. The van der Waals surface area contributed by atoms with Gasteiger partial charge in [0.1, 0.15) is 0 Å². The molecule has 1 aromatic carbocycles. The zero-order valence-electron chi connectivity index (χ0n) is 16.0. The minimum Gasteiger partial charge on any atom is -0.469 e. The van der Waals surface area contributed by atoms with Crippen molar-refractivity contribution in [2.45, 2.75) is 12.8 Å². The first kappa shape index (κ1) is 22.4. The van der Waals surface area contributed by atoms with Crippen LogP contribution in [-0.4, -0.2) is 26.2 Å². The number of ether oxygens (including phenoxy) is 2. The van der Waals surface area contributed by atoms with Crippen LogP contribution in [-0.2, 0) is 19.1 Å². The molecular formula is C22H22N2O4.